The molecule has 0 atom stereocenters. The Morgan fingerprint density at radius 1 is 1.55 bits per heavy atom. The van der Waals surface area contributed by atoms with Crippen LogP contribution in [0.4, 0.5) is 0 Å². The third kappa shape index (κ3) is 1.06. The molecular weight excluding hydrogens is 164 g/mol. The van der Waals surface area contributed by atoms with Crippen molar-refractivity contribution in [2.75, 3.05) is 6.61 Å². The maximum atomic E-state index is 9.02. The Morgan fingerprint density at radius 3 is 2.64 bits per heavy atom. The normalized spacial score (nSPS) is 20.2. The van der Waals surface area contributed by atoms with Crippen LogP contribution in [-0.4, -0.2) is 11.7 Å². The molecule has 1 aliphatic carbocycles. The van der Waals surface area contributed by atoms with Crippen LogP contribution in [0.2, 0.25) is 5.22 Å². The van der Waals surface area contributed by atoms with Crippen molar-refractivity contribution in [3.8, 4) is 0 Å². The van der Waals surface area contributed by atoms with E-state index in [9.17, 15) is 0 Å². The van der Waals surface area contributed by atoms with Gasteiger partial charge < -0.3 is 9.52 Å². The fraction of sp³-hybridized carbons (Fsp3) is 0.500. The van der Waals surface area contributed by atoms with Gasteiger partial charge in [0, 0.05) is 0 Å². The van der Waals surface area contributed by atoms with Gasteiger partial charge in [0.1, 0.15) is 5.76 Å². The summed E-state index contributed by atoms with van der Waals surface area (Å²) >= 11 is 5.60. The van der Waals surface area contributed by atoms with Gasteiger partial charge in [-0.25, -0.2) is 0 Å². The molecule has 0 radical (unpaired) electrons. The molecule has 0 aromatic carbocycles. The van der Waals surface area contributed by atoms with E-state index < -0.39 is 0 Å². The molecule has 1 saturated carbocycles. The number of aliphatic hydroxyl groups is 1. The summed E-state index contributed by atoms with van der Waals surface area (Å²) in [6.07, 6.45) is 2.01. The predicted molar refractivity (Wildman–Crippen MR) is 41.7 cm³/mol. The largest absolute Gasteiger partial charge is 0.449 e. The average Bonchev–Trinajstić information content (AvgIpc) is 2.70. The minimum atomic E-state index is -0.0901. The highest BCUT2D eigenvalue weighted by Crippen LogP contribution is 2.48. The van der Waals surface area contributed by atoms with Gasteiger partial charge in [-0.1, -0.05) is 0 Å². The number of furan rings is 1. The zero-order valence-corrected chi connectivity index (χ0v) is 6.77. The highest BCUT2D eigenvalue weighted by atomic mass is 35.5. The molecule has 0 amide bonds. The lowest BCUT2D eigenvalue weighted by Gasteiger charge is -2.05. The molecule has 0 unspecified atom stereocenters. The number of hydrogen-bond acceptors (Lipinski definition) is 2. The SMILES string of the molecule is OCC1(c2ccc(Cl)o2)CC1. The van der Waals surface area contributed by atoms with Crippen LogP contribution in [0.1, 0.15) is 18.6 Å². The number of hydrogen-bond donors (Lipinski definition) is 1. The maximum absolute atomic E-state index is 9.02. The molecule has 1 aromatic rings. The number of halogens is 1. The first-order valence-corrected chi connectivity index (χ1v) is 4.01. The second-order valence-electron chi connectivity index (χ2n) is 3.04. The minimum Gasteiger partial charge on any atom is -0.449 e. The van der Waals surface area contributed by atoms with Crippen molar-refractivity contribution < 1.29 is 9.52 Å². The van der Waals surface area contributed by atoms with Gasteiger partial charge in [-0.05, 0) is 36.6 Å². The van der Waals surface area contributed by atoms with E-state index in [0.717, 1.165) is 18.6 Å². The number of aliphatic hydroxyl groups excluding tert-OH is 1. The molecule has 2 nitrogen and oxygen atoms in total. The third-order valence-corrected chi connectivity index (χ3v) is 2.46. The first-order chi connectivity index (χ1) is 5.27. The molecule has 0 saturated heterocycles. The maximum Gasteiger partial charge on any atom is 0.193 e. The van der Waals surface area contributed by atoms with Gasteiger partial charge in [0.15, 0.2) is 5.22 Å². The Bertz CT molecular complexity index is 263. The van der Waals surface area contributed by atoms with E-state index in [1.807, 2.05) is 6.07 Å². The minimum absolute atomic E-state index is 0.0901. The fourth-order valence-electron chi connectivity index (χ4n) is 1.23. The lowest BCUT2D eigenvalue weighted by molar-refractivity contribution is 0.237. The summed E-state index contributed by atoms with van der Waals surface area (Å²) in [7, 11) is 0. The van der Waals surface area contributed by atoms with Crippen molar-refractivity contribution in [3.63, 3.8) is 0 Å². The van der Waals surface area contributed by atoms with Gasteiger partial charge in [0.25, 0.3) is 0 Å². The van der Waals surface area contributed by atoms with E-state index in [-0.39, 0.29) is 12.0 Å². The molecule has 0 aliphatic heterocycles. The van der Waals surface area contributed by atoms with Gasteiger partial charge >= 0.3 is 0 Å². The van der Waals surface area contributed by atoms with E-state index in [1.54, 1.807) is 6.07 Å². The molecule has 1 aliphatic rings. The van der Waals surface area contributed by atoms with Crippen LogP contribution in [0.15, 0.2) is 16.5 Å². The summed E-state index contributed by atoms with van der Waals surface area (Å²) in [5.41, 5.74) is -0.0901. The van der Waals surface area contributed by atoms with E-state index in [0.29, 0.717) is 5.22 Å². The summed E-state index contributed by atoms with van der Waals surface area (Å²) in [5, 5.41) is 9.42. The van der Waals surface area contributed by atoms with Crippen molar-refractivity contribution in [1.29, 1.82) is 0 Å². The Hall–Kier alpha value is -0.470. The van der Waals surface area contributed by atoms with Crippen molar-refractivity contribution in [2.45, 2.75) is 18.3 Å². The van der Waals surface area contributed by atoms with E-state index in [4.69, 9.17) is 21.1 Å². The van der Waals surface area contributed by atoms with Crippen LogP contribution in [0.3, 0.4) is 0 Å². The summed E-state index contributed by atoms with van der Waals surface area (Å²) < 4.78 is 5.21. The standard InChI is InChI=1S/C8H9ClO2/c9-7-2-1-6(11-7)8(5-10)3-4-8/h1-2,10H,3-5H2. The molecule has 1 aromatic heterocycles. The zero-order chi connectivity index (χ0) is 7.90. The number of rotatable bonds is 2. The molecule has 2 rings (SSSR count). The van der Waals surface area contributed by atoms with Crippen LogP contribution < -0.4 is 0 Å². The lowest BCUT2D eigenvalue weighted by Crippen LogP contribution is -2.10. The fourth-order valence-corrected chi connectivity index (χ4v) is 1.38. The molecule has 1 heterocycles. The smallest absolute Gasteiger partial charge is 0.193 e. The van der Waals surface area contributed by atoms with Crippen molar-refractivity contribution in [2.24, 2.45) is 0 Å². The van der Waals surface area contributed by atoms with Crippen molar-refractivity contribution >= 4 is 11.6 Å². The second-order valence-corrected chi connectivity index (χ2v) is 3.41. The molecule has 11 heavy (non-hydrogen) atoms. The van der Waals surface area contributed by atoms with Crippen molar-refractivity contribution in [1.82, 2.24) is 0 Å². The Morgan fingerprint density at radius 2 is 2.27 bits per heavy atom. The molecule has 1 N–H and O–H groups in total. The lowest BCUT2D eigenvalue weighted by atomic mass is 10.1. The predicted octanol–water partition coefficient (Wildman–Crippen LogP) is 1.96. The quantitative estimate of drug-likeness (QED) is 0.740. The summed E-state index contributed by atoms with van der Waals surface area (Å²) in [6, 6.07) is 3.55. The van der Waals surface area contributed by atoms with Crippen LogP contribution in [0.5, 0.6) is 0 Å². The van der Waals surface area contributed by atoms with Gasteiger partial charge in [-0.15, -0.1) is 0 Å². The Labute approximate surface area is 69.8 Å². The molecule has 3 heteroatoms. The van der Waals surface area contributed by atoms with Crippen LogP contribution >= 0.6 is 11.6 Å². The highest BCUT2D eigenvalue weighted by Gasteiger charge is 2.46. The molecule has 0 bridgehead atoms. The van der Waals surface area contributed by atoms with E-state index in [2.05, 4.69) is 0 Å². The van der Waals surface area contributed by atoms with Gasteiger partial charge in [-0.3, -0.25) is 0 Å². The van der Waals surface area contributed by atoms with Crippen LogP contribution in [0.25, 0.3) is 0 Å². The summed E-state index contributed by atoms with van der Waals surface area (Å²) in [5.74, 6) is 0.824. The van der Waals surface area contributed by atoms with E-state index in [1.165, 1.54) is 0 Å². The van der Waals surface area contributed by atoms with Gasteiger partial charge in [0.05, 0.1) is 12.0 Å². The summed E-state index contributed by atoms with van der Waals surface area (Å²) in [6.45, 7) is 0.164. The van der Waals surface area contributed by atoms with Crippen LogP contribution in [0, 0.1) is 0 Å². The van der Waals surface area contributed by atoms with Gasteiger partial charge in [-0.2, -0.15) is 0 Å². The van der Waals surface area contributed by atoms with Crippen LogP contribution in [-0.2, 0) is 5.41 Å². The first-order valence-electron chi connectivity index (χ1n) is 3.63. The highest BCUT2D eigenvalue weighted by molar-refractivity contribution is 6.28. The molecule has 1 fully saturated rings. The Kier molecular flexibility index (Phi) is 1.48. The molecule has 0 spiro atoms. The molecule has 60 valence electrons. The zero-order valence-electron chi connectivity index (χ0n) is 6.01. The first kappa shape index (κ1) is 7.19. The monoisotopic (exact) mass is 172 g/mol. The third-order valence-electron chi connectivity index (χ3n) is 2.25. The summed E-state index contributed by atoms with van der Waals surface area (Å²) in [4.78, 5) is 0. The van der Waals surface area contributed by atoms with E-state index >= 15 is 0 Å². The Balaban J connectivity index is 2.29. The molecular formula is C8H9ClO2. The van der Waals surface area contributed by atoms with Crippen molar-refractivity contribution in [3.05, 3.63) is 23.1 Å². The topological polar surface area (TPSA) is 33.4 Å². The van der Waals surface area contributed by atoms with Gasteiger partial charge in [0.2, 0.25) is 0 Å². The average molecular weight is 173 g/mol. The second kappa shape index (κ2) is 2.26.